The molecule has 0 aliphatic heterocycles. The first kappa shape index (κ1) is 41.3. The van der Waals surface area contributed by atoms with E-state index in [-0.39, 0.29) is 18.9 Å². The first-order valence-electron chi connectivity index (χ1n) is 19.7. The number of nitrogens with two attached hydrogens (primary N) is 1. The minimum Gasteiger partial charge on any atom is -0.438 e. The fourth-order valence-electron chi connectivity index (χ4n) is 8.15. The first-order valence-corrected chi connectivity index (χ1v) is 21.6. The molecule has 1 amide bonds. The second-order valence-electron chi connectivity index (χ2n) is 15.8. The number of aromatic amines is 1. The highest BCUT2D eigenvalue weighted by molar-refractivity contribution is 6.99. The van der Waals surface area contributed by atoms with Crippen LogP contribution < -0.4 is 20.8 Å². The van der Waals surface area contributed by atoms with Crippen molar-refractivity contribution in [3.8, 4) is 5.88 Å². The maximum atomic E-state index is 13.1. The van der Waals surface area contributed by atoms with Gasteiger partial charge in [0.15, 0.2) is 5.88 Å². The summed E-state index contributed by atoms with van der Waals surface area (Å²) in [5.74, 6) is -7.18. The van der Waals surface area contributed by atoms with Gasteiger partial charge in [0.2, 0.25) is 5.91 Å². The number of benzene rings is 6. The zero-order valence-electron chi connectivity index (χ0n) is 33.4. The van der Waals surface area contributed by atoms with E-state index >= 15 is 0 Å². The molecule has 59 heavy (non-hydrogen) atoms. The van der Waals surface area contributed by atoms with Crippen LogP contribution in [-0.2, 0) is 26.0 Å². The molecule has 10 heteroatoms. The third-order valence-electron chi connectivity index (χ3n) is 10.9. The lowest BCUT2D eigenvalue weighted by Crippen LogP contribution is -2.67. The summed E-state index contributed by atoms with van der Waals surface area (Å²) in [6, 6.07) is 54.7. The summed E-state index contributed by atoms with van der Waals surface area (Å²) in [7, 11) is -3.20. The lowest BCUT2D eigenvalue weighted by atomic mass is 9.80. The smallest absolute Gasteiger partial charge is 0.349 e. The normalized spacial score (nSPS) is 13.5. The van der Waals surface area contributed by atoms with E-state index in [0.717, 1.165) is 10.4 Å². The maximum absolute atomic E-state index is 13.1. The molecule has 0 aliphatic rings. The van der Waals surface area contributed by atoms with Gasteiger partial charge in [0.05, 0.1) is 6.42 Å². The van der Waals surface area contributed by atoms with Crippen molar-refractivity contribution in [1.82, 2.24) is 4.98 Å². The Kier molecular flexibility index (Phi) is 11.8. The molecule has 6 aromatic carbocycles. The van der Waals surface area contributed by atoms with E-state index in [1.165, 1.54) is 0 Å². The predicted molar refractivity (Wildman–Crippen MR) is 232 cm³/mol. The quantitative estimate of drug-likeness (QED) is 0.0407. The zero-order valence-corrected chi connectivity index (χ0v) is 34.4. The third-order valence-corrected chi connectivity index (χ3v) is 16.0. The van der Waals surface area contributed by atoms with E-state index in [1.807, 2.05) is 152 Å². The van der Waals surface area contributed by atoms with Crippen molar-refractivity contribution >= 4 is 35.5 Å². The molecule has 0 aliphatic carbocycles. The van der Waals surface area contributed by atoms with Gasteiger partial charge < -0.3 is 39.9 Å². The average molecular weight is 807 g/mol. The molecule has 1 heterocycles. The summed E-state index contributed by atoms with van der Waals surface area (Å²) in [4.78, 5) is 15.6. The van der Waals surface area contributed by atoms with E-state index in [4.69, 9.17) is 19.6 Å². The number of aliphatic hydroxyl groups is 3. The van der Waals surface area contributed by atoms with E-state index in [1.54, 1.807) is 24.3 Å². The summed E-state index contributed by atoms with van der Waals surface area (Å²) in [6.45, 7) is 6.17. The summed E-state index contributed by atoms with van der Waals surface area (Å²) in [5, 5.41) is 40.6. The minimum atomic E-state index is -3.48. The number of primary amides is 1. The van der Waals surface area contributed by atoms with Crippen LogP contribution in [-0.4, -0.2) is 52.9 Å². The van der Waals surface area contributed by atoms with Gasteiger partial charge in [-0.05, 0) is 38.2 Å². The molecule has 1 unspecified atom stereocenters. The second-order valence-corrected chi connectivity index (χ2v) is 20.1. The molecule has 0 fully saturated rings. The SMILES string of the molecule is CC(C)(C)[Si](OCCC(O)(Oc1[nH]c2ccccc2c1CC(N)=O)C(O)(O)OC(c1ccccc1)(c1ccccc1)c1ccccc1)(c1ccccc1)c1ccccc1. The molecule has 9 nitrogen and oxygen atoms in total. The van der Waals surface area contributed by atoms with Crippen molar-refractivity contribution in [3.05, 3.63) is 198 Å². The predicted octanol–water partition coefficient (Wildman–Crippen LogP) is 6.88. The highest BCUT2D eigenvalue weighted by Crippen LogP contribution is 2.46. The largest absolute Gasteiger partial charge is 0.438 e. The topological polar surface area (TPSA) is 147 Å². The van der Waals surface area contributed by atoms with Crippen LogP contribution in [0.1, 0.15) is 49.4 Å². The third kappa shape index (κ3) is 7.99. The zero-order chi connectivity index (χ0) is 41.7. The molecule has 1 atom stereocenters. The number of nitrogens with one attached hydrogen (secondary N) is 1. The molecule has 7 aromatic rings. The Labute approximate surface area is 345 Å². The summed E-state index contributed by atoms with van der Waals surface area (Å²) >= 11 is 0. The number of ether oxygens (including phenoxy) is 2. The summed E-state index contributed by atoms with van der Waals surface area (Å²) in [5.41, 5.74) is 6.60. The van der Waals surface area contributed by atoms with E-state index in [0.29, 0.717) is 33.2 Å². The lowest BCUT2D eigenvalue weighted by molar-refractivity contribution is -0.470. The Hall–Kier alpha value is -5.85. The highest BCUT2D eigenvalue weighted by atomic mass is 28.4. The number of rotatable bonds is 16. The lowest BCUT2D eigenvalue weighted by Gasteiger charge is -2.46. The van der Waals surface area contributed by atoms with Crippen molar-refractivity contribution in [2.45, 2.75) is 56.0 Å². The van der Waals surface area contributed by atoms with E-state index in [2.05, 4.69) is 25.8 Å². The second kappa shape index (κ2) is 16.8. The number of hydrogen-bond donors (Lipinski definition) is 5. The van der Waals surface area contributed by atoms with Gasteiger partial charge in [0.1, 0.15) is 5.60 Å². The number of aromatic nitrogens is 1. The Morgan fingerprint density at radius 2 is 1.05 bits per heavy atom. The molecule has 1 aromatic heterocycles. The molecular weight excluding hydrogens is 757 g/mol. The molecule has 0 saturated carbocycles. The number of hydrogen-bond acceptors (Lipinski definition) is 7. The van der Waals surface area contributed by atoms with Crippen LogP contribution in [0.2, 0.25) is 5.04 Å². The van der Waals surface area contributed by atoms with E-state index < -0.39 is 43.0 Å². The number of carbonyl (C=O) groups excluding carboxylic acids is 1. The Morgan fingerprint density at radius 3 is 1.49 bits per heavy atom. The molecule has 0 saturated heterocycles. The van der Waals surface area contributed by atoms with Crippen LogP contribution in [0, 0.1) is 0 Å². The number of carbonyl (C=O) groups is 1. The van der Waals surface area contributed by atoms with Crippen LogP contribution in [0.5, 0.6) is 5.88 Å². The maximum Gasteiger partial charge on any atom is 0.349 e. The molecule has 302 valence electrons. The van der Waals surface area contributed by atoms with Gasteiger partial charge in [0.25, 0.3) is 14.1 Å². The van der Waals surface area contributed by atoms with E-state index in [9.17, 15) is 20.1 Å². The molecule has 6 N–H and O–H groups in total. The Morgan fingerprint density at radius 1 is 0.627 bits per heavy atom. The summed E-state index contributed by atoms with van der Waals surface area (Å²) < 4.78 is 20.3. The van der Waals surface area contributed by atoms with Crippen LogP contribution in [0.25, 0.3) is 10.9 Å². The summed E-state index contributed by atoms with van der Waals surface area (Å²) in [6.07, 6.45) is -0.773. The molecule has 0 bridgehead atoms. The van der Waals surface area contributed by atoms with Gasteiger partial charge >= 0.3 is 5.97 Å². The van der Waals surface area contributed by atoms with Crippen LogP contribution in [0.15, 0.2) is 176 Å². The monoisotopic (exact) mass is 806 g/mol. The molecule has 0 spiro atoms. The van der Waals surface area contributed by atoms with Gasteiger partial charge in [-0.1, -0.05) is 191 Å². The highest BCUT2D eigenvalue weighted by Gasteiger charge is 2.59. The number of fused-ring (bicyclic) bond motifs is 1. The van der Waals surface area contributed by atoms with Crippen molar-refractivity contribution in [3.63, 3.8) is 0 Å². The Bertz CT molecular complexity index is 2320. The van der Waals surface area contributed by atoms with Gasteiger partial charge in [-0.15, -0.1) is 0 Å². The van der Waals surface area contributed by atoms with Crippen molar-refractivity contribution in [1.29, 1.82) is 0 Å². The van der Waals surface area contributed by atoms with Crippen molar-refractivity contribution < 1.29 is 34.0 Å². The van der Waals surface area contributed by atoms with Gasteiger partial charge in [-0.2, -0.15) is 0 Å². The minimum absolute atomic E-state index is 0.0845. The van der Waals surface area contributed by atoms with Gasteiger partial charge in [-0.3, -0.25) is 4.79 Å². The van der Waals surface area contributed by atoms with Crippen LogP contribution >= 0.6 is 0 Å². The number of amides is 1. The van der Waals surface area contributed by atoms with Crippen LogP contribution in [0.3, 0.4) is 0 Å². The first-order chi connectivity index (χ1) is 28.3. The Balaban J connectivity index is 1.40. The van der Waals surface area contributed by atoms with Crippen molar-refractivity contribution in [2.75, 3.05) is 6.61 Å². The molecular formula is C49H50N2O7Si. The standard InChI is InChI=1S/C49H50N2O7Si/c1-46(2,3)59(39-27-15-7-16-28-39,40-29-17-8-18-30-40)56-34-33-47(53,57-45-42(35-44(50)52)41-31-19-20-32-43(41)51-45)49(54,55)58-48(36-21-9-4-10-22-36,37-23-11-5-12-24-37)38-25-13-6-14-26-38/h4-32,51,53-55H,33-35H2,1-3H3,(H2,50,52). The van der Waals surface area contributed by atoms with Crippen LogP contribution in [0.4, 0.5) is 0 Å². The fourth-order valence-corrected chi connectivity index (χ4v) is 12.7. The van der Waals surface area contributed by atoms with Gasteiger partial charge in [-0.25, -0.2) is 0 Å². The average Bonchev–Trinajstić information content (AvgIpc) is 3.58. The number of para-hydroxylation sites is 1. The number of H-pyrrole nitrogens is 1. The fraction of sp³-hybridized carbons (Fsp3) is 0.204. The molecule has 0 radical (unpaired) electrons. The van der Waals surface area contributed by atoms with Gasteiger partial charge in [0, 0.05) is 29.5 Å². The molecule has 7 rings (SSSR count). The van der Waals surface area contributed by atoms with Crippen molar-refractivity contribution in [2.24, 2.45) is 5.73 Å².